The van der Waals surface area contributed by atoms with E-state index >= 15 is 0 Å². The van der Waals surface area contributed by atoms with E-state index in [2.05, 4.69) is 44.8 Å². The summed E-state index contributed by atoms with van der Waals surface area (Å²) in [5.41, 5.74) is 0. The van der Waals surface area contributed by atoms with E-state index in [1.807, 2.05) is 0 Å². The van der Waals surface area contributed by atoms with Gasteiger partial charge in [0, 0.05) is 16.5 Å². The molecule has 1 fully saturated rings. The molecule has 0 amide bonds. The van der Waals surface area contributed by atoms with E-state index in [-0.39, 0.29) is 0 Å². The maximum absolute atomic E-state index is 3.74. The lowest BCUT2D eigenvalue weighted by atomic mass is 9.95. The van der Waals surface area contributed by atoms with Crippen molar-refractivity contribution < 1.29 is 0 Å². The van der Waals surface area contributed by atoms with E-state index in [1.54, 1.807) is 0 Å². The molecule has 1 saturated carbocycles. The van der Waals surface area contributed by atoms with Gasteiger partial charge in [0.05, 0.1) is 0 Å². The van der Waals surface area contributed by atoms with Crippen LogP contribution in [0.1, 0.15) is 59.8 Å². The summed E-state index contributed by atoms with van der Waals surface area (Å²) < 4.78 is 0. The van der Waals surface area contributed by atoms with E-state index in [0.717, 1.165) is 22.5 Å². The molecule has 0 aliphatic heterocycles. The molecule has 0 spiro atoms. The molecule has 96 valence electrons. The molecule has 0 saturated heterocycles. The molecule has 3 unspecified atom stereocenters. The minimum absolute atomic E-state index is 0.778. The van der Waals surface area contributed by atoms with Gasteiger partial charge in [-0.1, -0.05) is 40.5 Å². The Hall–Kier alpha value is 0.310. The molecule has 1 aliphatic rings. The second-order valence-electron chi connectivity index (χ2n) is 5.47. The van der Waals surface area contributed by atoms with Crippen molar-refractivity contribution in [2.45, 2.75) is 76.3 Å². The Balaban J connectivity index is 2.40. The normalized spacial score (nSPS) is 28.3. The van der Waals surface area contributed by atoms with Gasteiger partial charge < -0.3 is 5.32 Å². The van der Waals surface area contributed by atoms with E-state index in [9.17, 15) is 0 Å². The Morgan fingerprint density at radius 2 is 1.88 bits per heavy atom. The van der Waals surface area contributed by atoms with Gasteiger partial charge in [0.15, 0.2) is 0 Å². The Morgan fingerprint density at radius 3 is 2.50 bits per heavy atom. The number of rotatable bonds is 6. The largest absolute Gasteiger partial charge is 0.313 e. The van der Waals surface area contributed by atoms with Crippen LogP contribution in [0.3, 0.4) is 0 Å². The Bertz CT molecular complexity index is 182. The SMILES string of the molecule is CCCNC1CCCCC1SC(C)C(C)C. The lowest BCUT2D eigenvalue weighted by Crippen LogP contribution is -2.41. The molecular weight excluding hydrogens is 214 g/mol. The van der Waals surface area contributed by atoms with Gasteiger partial charge in [-0.25, -0.2) is 0 Å². The Kier molecular flexibility index (Phi) is 6.83. The van der Waals surface area contributed by atoms with Crippen LogP contribution < -0.4 is 5.32 Å². The lowest BCUT2D eigenvalue weighted by Gasteiger charge is -2.34. The van der Waals surface area contributed by atoms with Crippen LogP contribution in [0.15, 0.2) is 0 Å². The van der Waals surface area contributed by atoms with Crippen molar-refractivity contribution in [1.29, 1.82) is 0 Å². The topological polar surface area (TPSA) is 12.0 Å². The lowest BCUT2D eigenvalue weighted by molar-refractivity contribution is 0.383. The van der Waals surface area contributed by atoms with Crippen LogP contribution in [-0.4, -0.2) is 23.1 Å². The van der Waals surface area contributed by atoms with Crippen molar-refractivity contribution in [1.82, 2.24) is 5.32 Å². The van der Waals surface area contributed by atoms with Crippen LogP contribution in [0.5, 0.6) is 0 Å². The summed E-state index contributed by atoms with van der Waals surface area (Å²) in [4.78, 5) is 0. The van der Waals surface area contributed by atoms with Gasteiger partial charge in [-0.3, -0.25) is 0 Å². The van der Waals surface area contributed by atoms with E-state index < -0.39 is 0 Å². The smallest absolute Gasteiger partial charge is 0.0203 e. The minimum Gasteiger partial charge on any atom is -0.313 e. The summed E-state index contributed by atoms with van der Waals surface area (Å²) in [5.74, 6) is 0.804. The number of hydrogen-bond donors (Lipinski definition) is 1. The highest BCUT2D eigenvalue weighted by molar-refractivity contribution is 8.00. The summed E-state index contributed by atoms with van der Waals surface area (Å²) in [5, 5.41) is 5.40. The minimum atomic E-state index is 0.778. The molecule has 0 heterocycles. The van der Waals surface area contributed by atoms with Crippen LogP contribution >= 0.6 is 11.8 Å². The molecule has 1 rings (SSSR count). The van der Waals surface area contributed by atoms with Crippen LogP contribution in [-0.2, 0) is 0 Å². The molecule has 3 atom stereocenters. The van der Waals surface area contributed by atoms with E-state index in [1.165, 1.54) is 38.6 Å². The molecule has 2 heteroatoms. The van der Waals surface area contributed by atoms with Crippen molar-refractivity contribution in [3.8, 4) is 0 Å². The molecule has 0 radical (unpaired) electrons. The monoisotopic (exact) mass is 243 g/mol. The van der Waals surface area contributed by atoms with Gasteiger partial charge in [0.2, 0.25) is 0 Å². The van der Waals surface area contributed by atoms with E-state index in [0.29, 0.717) is 0 Å². The van der Waals surface area contributed by atoms with Gasteiger partial charge in [-0.15, -0.1) is 0 Å². The number of nitrogens with one attached hydrogen (secondary N) is 1. The van der Waals surface area contributed by atoms with E-state index in [4.69, 9.17) is 0 Å². The Morgan fingerprint density at radius 1 is 1.19 bits per heavy atom. The maximum atomic E-state index is 3.74. The highest BCUT2D eigenvalue weighted by Gasteiger charge is 2.27. The zero-order chi connectivity index (χ0) is 12.0. The van der Waals surface area contributed by atoms with Gasteiger partial charge in [0.25, 0.3) is 0 Å². The van der Waals surface area contributed by atoms with Gasteiger partial charge in [-0.05, 0) is 31.7 Å². The molecule has 0 aromatic heterocycles. The first-order valence-electron chi connectivity index (χ1n) is 7.04. The van der Waals surface area contributed by atoms with Crippen molar-refractivity contribution >= 4 is 11.8 Å². The molecule has 0 bridgehead atoms. The molecule has 1 nitrogen and oxygen atoms in total. The summed E-state index contributed by atoms with van der Waals surface area (Å²) in [6.07, 6.45) is 6.93. The summed E-state index contributed by atoms with van der Waals surface area (Å²) in [7, 11) is 0. The fourth-order valence-corrected chi connectivity index (χ4v) is 3.85. The van der Waals surface area contributed by atoms with Crippen LogP contribution in [0.25, 0.3) is 0 Å². The second kappa shape index (κ2) is 7.60. The van der Waals surface area contributed by atoms with Crippen LogP contribution in [0, 0.1) is 5.92 Å². The predicted octanol–water partition coefficient (Wildman–Crippen LogP) is 4.07. The summed E-state index contributed by atoms with van der Waals surface area (Å²) in [6.45, 7) is 10.5. The Labute approximate surface area is 106 Å². The third kappa shape index (κ3) is 4.67. The van der Waals surface area contributed by atoms with Crippen molar-refractivity contribution in [2.75, 3.05) is 6.54 Å². The first-order chi connectivity index (χ1) is 7.65. The zero-order valence-electron chi connectivity index (χ0n) is 11.5. The van der Waals surface area contributed by atoms with Crippen molar-refractivity contribution in [3.05, 3.63) is 0 Å². The maximum Gasteiger partial charge on any atom is 0.0203 e. The molecule has 1 N–H and O–H groups in total. The van der Waals surface area contributed by atoms with Crippen molar-refractivity contribution in [3.63, 3.8) is 0 Å². The molecule has 0 aromatic rings. The third-order valence-electron chi connectivity index (χ3n) is 3.69. The molecular formula is C14H29NS. The average molecular weight is 243 g/mol. The summed E-state index contributed by atoms with van der Waals surface area (Å²) in [6, 6.07) is 0.778. The van der Waals surface area contributed by atoms with Crippen LogP contribution in [0.2, 0.25) is 0 Å². The average Bonchev–Trinajstić information content (AvgIpc) is 2.27. The quantitative estimate of drug-likeness (QED) is 0.754. The third-order valence-corrected chi connectivity index (χ3v) is 5.57. The zero-order valence-corrected chi connectivity index (χ0v) is 12.3. The van der Waals surface area contributed by atoms with Gasteiger partial charge >= 0.3 is 0 Å². The van der Waals surface area contributed by atoms with Crippen LogP contribution in [0.4, 0.5) is 0 Å². The first kappa shape index (κ1) is 14.4. The highest BCUT2D eigenvalue weighted by Crippen LogP contribution is 2.33. The number of thioether (sulfide) groups is 1. The fourth-order valence-electron chi connectivity index (χ4n) is 2.26. The fraction of sp³-hybridized carbons (Fsp3) is 1.00. The standard InChI is InChI=1S/C14H29NS/c1-5-10-15-13-8-6-7-9-14(13)16-12(4)11(2)3/h11-15H,5-10H2,1-4H3. The first-order valence-corrected chi connectivity index (χ1v) is 7.98. The number of hydrogen-bond acceptors (Lipinski definition) is 2. The molecule has 16 heavy (non-hydrogen) atoms. The van der Waals surface area contributed by atoms with Crippen molar-refractivity contribution in [2.24, 2.45) is 5.92 Å². The molecule has 0 aromatic carbocycles. The van der Waals surface area contributed by atoms with Gasteiger partial charge in [-0.2, -0.15) is 11.8 Å². The molecule has 1 aliphatic carbocycles. The van der Waals surface area contributed by atoms with Gasteiger partial charge in [0.1, 0.15) is 0 Å². The highest BCUT2D eigenvalue weighted by atomic mass is 32.2. The second-order valence-corrected chi connectivity index (χ2v) is 7.09. The predicted molar refractivity (Wildman–Crippen MR) is 76.2 cm³/mol. The summed E-state index contributed by atoms with van der Waals surface area (Å²) >= 11 is 2.22.